The number of anilines is 1. The van der Waals surface area contributed by atoms with Gasteiger partial charge in [0.05, 0.1) is 10.6 Å². The van der Waals surface area contributed by atoms with Crippen LogP contribution in [0.1, 0.15) is 48.0 Å². The van der Waals surface area contributed by atoms with Crippen LogP contribution in [0, 0.1) is 6.92 Å². The van der Waals surface area contributed by atoms with Gasteiger partial charge in [-0.15, -0.1) is 0 Å². The summed E-state index contributed by atoms with van der Waals surface area (Å²) in [7, 11) is -3.80. The van der Waals surface area contributed by atoms with Crippen LogP contribution < -0.4 is 10.0 Å². The third kappa shape index (κ3) is 4.90. The molecule has 0 spiro atoms. The van der Waals surface area contributed by atoms with E-state index in [9.17, 15) is 13.2 Å². The number of carbonyl (C=O) groups is 1. The summed E-state index contributed by atoms with van der Waals surface area (Å²) in [5.74, 6) is -0.211. The smallest absolute Gasteiger partial charge is 0.261 e. The standard InChI is InChI=1S/C20H23BrN2O3S/c1-14-11-12-16(27(25,26)23-19-10-6-5-9-18(19)21)13-17(14)20(24)22-15-7-3-2-4-8-15/h5-6,9-13,15,23H,2-4,7-8H2,1H3,(H,22,24). The molecular weight excluding hydrogens is 428 g/mol. The van der Waals surface area contributed by atoms with E-state index in [1.54, 1.807) is 24.3 Å². The average molecular weight is 451 g/mol. The minimum absolute atomic E-state index is 0.0673. The van der Waals surface area contributed by atoms with Crippen molar-refractivity contribution in [3.8, 4) is 0 Å². The third-order valence-corrected chi connectivity index (χ3v) is 6.88. The number of halogens is 1. The predicted octanol–water partition coefficient (Wildman–Crippen LogP) is 4.62. The van der Waals surface area contributed by atoms with Crippen molar-refractivity contribution in [1.29, 1.82) is 0 Å². The summed E-state index contributed by atoms with van der Waals surface area (Å²) in [5.41, 5.74) is 1.60. The Morgan fingerprint density at radius 3 is 2.48 bits per heavy atom. The summed E-state index contributed by atoms with van der Waals surface area (Å²) >= 11 is 3.33. The lowest BCUT2D eigenvalue weighted by atomic mass is 9.95. The molecule has 0 radical (unpaired) electrons. The number of amides is 1. The predicted molar refractivity (Wildman–Crippen MR) is 110 cm³/mol. The maximum Gasteiger partial charge on any atom is 0.261 e. The van der Waals surface area contributed by atoms with Crippen molar-refractivity contribution >= 4 is 37.5 Å². The van der Waals surface area contributed by atoms with Crippen molar-refractivity contribution in [2.45, 2.75) is 50.0 Å². The van der Waals surface area contributed by atoms with Gasteiger partial charge in [0.15, 0.2) is 0 Å². The number of hydrogen-bond donors (Lipinski definition) is 2. The third-order valence-electron chi connectivity index (χ3n) is 4.82. The molecule has 0 saturated heterocycles. The highest BCUT2D eigenvalue weighted by Crippen LogP contribution is 2.25. The molecule has 2 aromatic carbocycles. The highest BCUT2D eigenvalue weighted by Gasteiger charge is 2.21. The van der Waals surface area contributed by atoms with Gasteiger partial charge in [0.25, 0.3) is 15.9 Å². The Morgan fingerprint density at radius 1 is 1.07 bits per heavy atom. The summed E-state index contributed by atoms with van der Waals surface area (Å²) < 4.78 is 28.7. The first-order valence-electron chi connectivity index (χ1n) is 9.06. The SMILES string of the molecule is Cc1ccc(S(=O)(=O)Nc2ccccc2Br)cc1C(=O)NC1CCCCC1. The Morgan fingerprint density at radius 2 is 1.78 bits per heavy atom. The first-order chi connectivity index (χ1) is 12.9. The zero-order valence-corrected chi connectivity index (χ0v) is 17.6. The Kier molecular flexibility index (Phi) is 6.22. The highest BCUT2D eigenvalue weighted by atomic mass is 79.9. The molecule has 1 aliphatic rings. The molecule has 0 atom stereocenters. The lowest BCUT2D eigenvalue weighted by molar-refractivity contribution is 0.0927. The van der Waals surface area contributed by atoms with E-state index in [0.29, 0.717) is 15.7 Å². The van der Waals surface area contributed by atoms with Crippen LogP contribution in [-0.4, -0.2) is 20.4 Å². The molecule has 7 heteroatoms. The topological polar surface area (TPSA) is 75.3 Å². The normalized spacial score (nSPS) is 15.3. The van der Waals surface area contributed by atoms with Gasteiger partial charge in [-0.1, -0.05) is 37.5 Å². The zero-order valence-electron chi connectivity index (χ0n) is 15.2. The van der Waals surface area contributed by atoms with Crippen LogP contribution >= 0.6 is 15.9 Å². The van der Waals surface area contributed by atoms with Crippen molar-refractivity contribution < 1.29 is 13.2 Å². The molecule has 2 N–H and O–H groups in total. The van der Waals surface area contributed by atoms with E-state index in [1.807, 2.05) is 13.0 Å². The van der Waals surface area contributed by atoms with E-state index in [0.717, 1.165) is 31.2 Å². The molecule has 2 aromatic rings. The first kappa shape index (κ1) is 19.9. The molecule has 1 fully saturated rings. The van der Waals surface area contributed by atoms with Crippen molar-refractivity contribution in [3.05, 3.63) is 58.1 Å². The molecule has 27 heavy (non-hydrogen) atoms. The van der Waals surface area contributed by atoms with Crippen LogP contribution in [0.2, 0.25) is 0 Å². The Hall–Kier alpha value is -1.86. The number of rotatable bonds is 5. The molecule has 1 amide bonds. The van der Waals surface area contributed by atoms with Crippen LogP contribution in [0.25, 0.3) is 0 Å². The van der Waals surface area contributed by atoms with Gasteiger partial charge in [-0.3, -0.25) is 9.52 Å². The van der Waals surface area contributed by atoms with Crippen LogP contribution in [0.3, 0.4) is 0 Å². The minimum atomic E-state index is -3.80. The summed E-state index contributed by atoms with van der Waals surface area (Å²) in [6, 6.07) is 11.8. The Balaban J connectivity index is 1.83. The number of carbonyl (C=O) groups excluding carboxylic acids is 1. The van der Waals surface area contributed by atoms with Crippen molar-refractivity contribution in [3.63, 3.8) is 0 Å². The molecule has 0 unspecified atom stereocenters. The molecule has 1 aliphatic carbocycles. The fourth-order valence-corrected chi connectivity index (χ4v) is 4.89. The van der Waals surface area contributed by atoms with Crippen molar-refractivity contribution in [1.82, 2.24) is 5.32 Å². The first-order valence-corrected chi connectivity index (χ1v) is 11.3. The van der Waals surface area contributed by atoms with Crippen LogP contribution in [-0.2, 0) is 10.0 Å². The fraction of sp³-hybridized carbons (Fsp3) is 0.350. The Labute approximate surface area is 168 Å². The summed E-state index contributed by atoms with van der Waals surface area (Å²) in [5, 5.41) is 3.05. The van der Waals surface area contributed by atoms with Gasteiger partial charge < -0.3 is 5.32 Å². The summed E-state index contributed by atoms with van der Waals surface area (Å²) in [6.45, 7) is 1.81. The highest BCUT2D eigenvalue weighted by molar-refractivity contribution is 9.10. The van der Waals surface area contributed by atoms with Crippen LogP contribution in [0.15, 0.2) is 51.8 Å². The molecule has 0 aromatic heterocycles. The molecular formula is C20H23BrN2O3S. The number of nitrogens with one attached hydrogen (secondary N) is 2. The second kappa shape index (κ2) is 8.44. The molecule has 1 saturated carbocycles. The quantitative estimate of drug-likeness (QED) is 0.697. The van der Waals surface area contributed by atoms with Gasteiger partial charge >= 0.3 is 0 Å². The van der Waals surface area contributed by atoms with Gasteiger partial charge in [-0.2, -0.15) is 0 Å². The Bertz CT molecular complexity index is 938. The van der Waals surface area contributed by atoms with Gasteiger partial charge in [0.2, 0.25) is 0 Å². The molecule has 5 nitrogen and oxygen atoms in total. The number of hydrogen-bond acceptors (Lipinski definition) is 3. The molecule has 0 aliphatic heterocycles. The van der Waals surface area contributed by atoms with Gasteiger partial charge in [-0.05, 0) is 65.5 Å². The maximum atomic E-state index is 12.8. The summed E-state index contributed by atoms with van der Waals surface area (Å²) in [4.78, 5) is 12.8. The minimum Gasteiger partial charge on any atom is -0.349 e. The zero-order chi connectivity index (χ0) is 19.4. The monoisotopic (exact) mass is 450 g/mol. The van der Waals surface area contributed by atoms with E-state index >= 15 is 0 Å². The van der Waals surface area contributed by atoms with Gasteiger partial charge in [0.1, 0.15) is 0 Å². The number of sulfonamides is 1. The number of aryl methyl sites for hydroxylation is 1. The lowest BCUT2D eigenvalue weighted by Gasteiger charge is -2.23. The maximum absolute atomic E-state index is 12.8. The molecule has 3 rings (SSSR count). The van der Waals surface area contributed by atoms with Gasteiger partial charge in [0, 0.05) is 16.1 Å². The van der Waals surface area contributed by atoms with Crippen LogP contribution in [0.4, 0.5) is 5.69 Å². The molecule has 144 valence electrons. The van der Waals surface area contributed by atoms with Crippen molar-refractivity contribution in [2.24, 2.45) is 0 Å². The van der Waals surface area contributed by atoms with E-state index in [-0.39, 0.29) is 16.8 Å². The van der Waals surface area contributed by atoms with E-state index in [2.05, 4.69) is 26.0 Å². The summed E-state index contributed by atoms with van der Waals surface area (Å²) in [6.07, 6.45) is 5.40. The average Bonchev–Trinajstić information content (AvgIpc) is 2.64. The number of para-hydroxylation sites is 1. The second-order valence-corrected chi connectivity index (χ2v) is 9.41. The molecule has 0 heterocycles. The van der Waals surface area contributed by atoms with Crippen LogP contribution in [0.5, 0.6) is 0 Å². The lowest BCUT2D eigenvalue weighted by Crippen LogP contribution is -2.36. The van der Waals surface area contributed by atoms with Gasteiger partial charge in [-0.25, -0.2) is 8.42 Å². The second-order valence-electron chi connectivity index (χ2n) is 6.87. The fourth-order valence-electron chi connectivity index (χ4n) is 3.27. The van der Waals surface area contributed by atoms with E-state index in [4.69, 9.17) is 0 Å². The van der Waals surface area contributed by atoms with Crippen molar-refractivity contribution in [2.75, 3.05) is 4.72 Å². The number of benzene rings is 2. The largest absolute Gasteiger partial charge is 0.349 e. The van der Waals surface area contributed by atoms with E-state index < -0.39 is 10.0 Å². The molecule has 0 bridgehead atoms. The van der Waals surface area contributed by atoms with E-state index in [1.165, 1.54) is 18.6 Å².